The molecule has 1 amide bonds. The summed E-state index contributed by atoms with van der Waals surface area (Å²) >= 11 is 7.65. The third-order valence-electron chi connectivity index (χ3n) is 5.71. The van der Waals surface area contributed by atoms with Crippen molar-refractivity contribution in [1.82, 2.24) is 4.90 Å². The molecule has 0 saturated carbocycles. The van der Waals surface area contributed by atoms with E-state index in [0.717, 1.165) is 53.2 Å². The molecule has 2 aliphatic rings. The molecular formula is C25H21ClFN3O2S. The largest absolute Gasteiger partial charge is 0.457 e. The SMILES string of the molecule is Cc1ccc(N2CCN(C3=NC(=O)C(=Cc4ccc(-c5ccc(F)cc5)o4)S3)CC2)cc1Cl. The fraction of sp³-hybridized carbons (Fsp3) is 0.200. The topological polar surface area (TPSA) is 49.0 Å². The molecule has 3 heterocycles. The molecule has 2 aliphatic heterocycles. The first-order valence-electron chi connectivity index (χ1n) is 10.6. The summed E-state index contributed by atoms with van der Waals surface area (Å²) in [6.07, 6.45) is 1.71. The summed E-state index contributed by atoms with van der Waals surface area (Å²) in [5, 5.41) is 1.49. The molecule has 0 bridgehead atoms. The average molecular weight is 482 g/mol. The molecular weight excluding hydrogens is 461 g/mol. The van der Waals surface area contributed by atoms with Gasteiger partial charge in [-0.25, -0.2) is 4.39 Å². The van der Waals surface area contributed by atoms with Crippen LogP contribution in [0.15, 0.2) is 68.9 Å². The van der Waals surface area contributed by atoms with E-state index < -0.39 is 0 Å². The summed E-state index contributed by atoms with van der Waals surface area (Å²) in [6.45, 7) is 5.19. The fourth-order valence-electron chi connectivity index (χ4n) is 3.80. The number of hydrogen-bond acceptors (Lipinski definition) is 5. The maximum atomic E-state index is 13.1. The first kappa shape index (κ1) is 21.8. The first-order chi connectivity index (χ1) is 16.0. The Labute approximate surface area is 200 Å². The lowest BCUT2D eigenvalue weighted by Crippen LogP contribution is -2.47. The van der Waals surface area contributed by atoms with Gasteiger partial charge in [-0.15, -0.1) is 0 Å². The number of thioether (sulfide) groups is 1. The number of carbonyl (C=O) groups is 1. The van der Waals surface area contributed by atoms with Crippen LogP contribution in [0.5, 0.6) is 0 Å². The molecule has 0 unspecified atom stereocenters. The number of carbonyl (C=O) groups excluding carboxylic acids is 1. The molecule has 0 aliphatic carbocycles. The summed E-state index contributed by atoms with van der Waals surface area (Å²) in [5.41, 5.74) is 2.95. The number of rotatable bonds is 3. The molecule has 3 aromatic rings. The number of piperazine rings is 1. The Hall–Kier alpha value is -3.03. The second-order valence-electron chi connectivity index (χ2n) is 7.93. The number of furan rings is 1. The van der Waals surface area contributed by atoms with Gasteiger partial charge in [0, 0.05) is 48.5 Å². The zero-order chi connectivity index (χ0) is 22.9. The van der Waals surface area contributed by atoms with Crippen LogP contribution in [0.3, 0.4) is 0 Å². The van der Waals surface area contributed by atoms with Crippen LogP contribution in [0.1, 0.15) is 11.3 Å². The van der Waals surface area contributed by atoms with E-state index in [4.69, 9.17) is 16.0 Å². The predicted octanol–water partition coefficient (Wildman–Crippen LogP) is 5.84. The molecule has 2 aromatic carbocycles. The number of halogens is 2. The van der Waals surface area contributed by atoms with Gasteiger partial charge in [0.2, 0.25) is 0 Å². The van der Waals surface area contributed by atoms with Crippen molar-refractivity contribution in [2.75, 3.05) is 31.1 Å². The first-order valence-corrected chi connectivity index (χ1v) is 11.8. The van der Waals surface area contributed by atoms with E-state index in [-0.39, 0.29) is 11.7 Å². The zero-order valence-electron chi connectivity index (χ0n) is 17.9. The van der Waals surface area contributed by atoms with E-state index in [1.807, 2.05) is 25.1 Å². The maximum absolute atomic E-state index is 13.1. The van der Waals surface area contributed by atoms with Crippen molar-refractivity contribution in [3.8, 4) is 11.3 Å². The smallest absolute Gasteiger partial charge is 0.286 e. The number of aliphatic imine (C=N–C) groups is 1. The van der Waals surface area contributed by atoms with E-state index in [2.05, 4.69) is 20.9 Å². The van der Waals surface area contributed by atoms with Crippen LogP contribution in [-0.4, -0.2) is 42.2 Å². The van der Waals surface area contributed by atoms with Crippen molar-refractivity contribution in [3.63, 3.8) is 0 Å². The van der Waals surface area contributed by atoms with Crippen LogP contribution >= 0.6 is 23.4 Å². The Morgan fingerprint density at radius 1 is 1.03 bits per heavy atom. The molecule has 33 heavy (non-hydrogen) atoms. The number of aryl methyl sites for hydroxylation is 1. The lowest BCUT2D eigenvalue weighted by molar-refractivity contribution is -0.113. The van der Waals surface area contributed by atoms with E-state index in [9.17, 15) is 9.18 Å². The molecule has 0 radical (unpaired) electrons. The number of amidine groups is 1. The quantitative estimate of drug-likeness (QED) is 0.440. The van der Waals surface area contributed by atoms with Gasteiger partial charge >= 0.3 is 0 Å². The molecule has 0 spiro atoms. The van der Waals surface area contributed by atoms with Crippen molar-refractivity contribution >= 4 is 46.2 Å². The predicted molar refractivity (Wildman–Crippen MR) is 132 cm³/mol. The third kappa shape index (κ3) is 4.70. The van der Waals surface area contributed by atoms with Gasteiger partial charge in [0.25, 0.3) is 5.91 Å². The highest BCUT2D eigenvalue weighted by atomic mass is 35.5. The van der Waals surface area contributed by atoms with Crippen molar-refractivity contribution in [2.24, 2.45) is 4.99 Å². The minimum absolute atomic E-state index is 0.262. The maximum Gasteiger partial charge on any atom is 0.286 e. The number of nitrogens with zero attached hydrogens (tertiary/aromatic N) is 3. The van der Waals surface area contributed by atoms with Gasteiger partial charge < -0.3 is 14.2 Å². The van der Waals surface area contributed by atoms with Gasteiger partial charge in [-0.05, 0) is 72.8 Å². The molecule has 5 rings (SSSR count). The number of benzene rings is 2. The van der Waals surface area contributed by atoms with E-state index in [1.165, 1.54) is 23.9 Å². The fourth-order valence-corrected chi connectivity index (χ4v) is 4.92. The van der Waals surface area contributed by atoms with Crippen LogP contribution in [0.4, 0.5) is 10.1 Å². The van der Waals surface area contributed by atoms with Crippen LogP contribution < -0.4 is 4.90 Å². The third-order valence-corrected chi connectivity index (χ3v) is 7.16. The summed E-state index contributed by atoms with van der Waals surface area (Å²) in [6, 6.07) is 15.8. The zero-order valence-corrected chi connectivity index (χ0v) is 19.5. The Kier molecular flexibility index (Phi) is 6.00. The van der Waals surface area contributed by atoms with Gasteiger partial charge in [-0.1, -0.05) is 17.7 Å². The van der Waals surface area contributed by atoms with E-state index >= 15 is 0 Å². The normalized spacial score (nSPS) is 17.7. The molecule has 0 atom stereocenters. The molecule has 1 fully saturated rings. The van der Waals surface area contributed by atoms with Crippen LogP contribution in [0.2, 0.25) is 5.02 Å². The van der Waals surface area contributed by atoms with Gasteiger partial charge in [0.05, 0.1) is 4.91 Å². The van der Waals surface area contributed by atoms with Gasteiger partial charge in [-0.3, -0.25) is 4.79 Å². The van der Waals surface area contributed by atoms with Crippen molar-refractivity contribution in [2.45, 2.75) is 6.92 Å². The van der Waals surface area contributed by atoms with E-state index in [1.54, 1.807) is 24.3 Å². The number of amides is 1. The molecule has 1 saturated heterocycles. The average Bonchev–Trinajstić information content (AvgIpc) is 3.43. The second-order valence-corrected chi connectivity index (χ2v) is 9.34. The van der Waals surface area contributed by atoms with Gasteiger partial charge in [0.1, 0.15) is 17.3 Å². The number of anilines is 1. The lowest BCUT2D eigenvalue weighted by Gasteiger charge is -2.36. The Balaban J connectivity index is 1.23. The Bertz CT molecular complexity index is 1260. The van der Waals surface area contributed by atoms with Crippen LogP contribution in [-0.2, 0) is 4.79 Å². The second kappa shape index (κ2) is 9.08. The van der Waals surface area contributed by atoms with Crippen molar-refractivity contribution < 1.29 is 13.6 Å². The highest BCUT2D eigenvalue weighted by molar-refractivity contribution is 8.18. The van der Waals surface area contributed by atoms with Gasteiger partial charge in [-0.2, -0.15) is 4.99 Å². The lowest BCUT2D eigenvalue weighted by atomic mass is 10.2. The number of hydrogen-bond donors (Lipinski definition) is 0. The standard InChI is InChI=1S/C25H21ClFN3O2S/c1-16-2-7-19(14-21(16)26)29-10-12-30(13-11-29)25-28-24(31)23(33-25)15-20-8-9-22(32-20)17-3-5-18(27)6-4-17/h2-9,14-15H,10-13H2,1H3. The summed E-state index contributed by atoms with van der Waals surface area (Å²) < 4.78 is 19.0. The van der Waals surface area contributed by atoms with Crippen LogP contribution in [0, 0.1) is 12.7 Å². The monoisotopic (exact) mass is 481 g/mol. The molecule has 8 heteroatoms. The Morgan fingerprint density at radius 3 is 2.48 bits per heavy atom. The summed E-state index contributed by atoms with van der Waals surface area (Å²) in [4.78, 5) is 21.7. The Morgan fingerprint density at radius 2 is 1.76 bits per heavy atom. The minimum atomic E-state index is -0.297. The summed E-state index contributed by atoms with van der Waals surface area (Å²) in [7, 11) is 0. The molecule has 168 valence electrons. The van der Waals surface area contributed by atoms with Gasteiger partial charge in [0.15, 0.2) is 5.17 Å². The van der Waals surface area contributed by atoms with Crippen LogP contribution in [0.25, 0.3) is 17.4 Å². The highest BCUT2D eigenvalue weighted by Crippen LogP contribution is 2.33. The molecule has 1 aromatic heterocycles. The van der Waals surface area contributed by atoms with E-state index in [0.29, 0.717) is 16.4 Å². The molecule has 0 N–H and O–H groups in total. The highest BCUT2D eigenvalue weighted by Gasteiger charge is 2.29. The summed E-state index contributed by atoms with van der Waals surface area (Å²) in [5.74, 6) is 0.615. The van der Waals surface area contributed by atoms with Crippen molar-refractivity contribution in [3.05, 3.63) is 81.7 Å². The minimum Gasteiger partial charge on any atom is -0.457 e. The van der Waals surface area contributed by atoms with Crippen molar-refractivity contribution in [1.29, 1.82) is 0 Å². The molecule has 5 nitrogen and oxygen atoms in total.